The van der Waals surface area contributed by atoms with Crippen LogP contribution < -0.4 is 0 Å². The molecule has 2 atom stereocenters. The maximum atomic E-state index is 5.78. The van der Waals surface area contributed by atoms with Crippen LogP contribution in [0.15, 0.2) is 53.8 Å². The van der Waals surface area contributed by atoms with Crippen LogP contribution in [0.25, 0.3) is 0 Å². The summed E-state index contributed by atoms with van der Waals surface area (Å²) in [5, 5.41) is 1.58. The van der Waals surface area contributed by atoms with Gasteiger partial charge in [-0.2, -0.15) is 0 Å². The Balaban J connectivity index is 2.30. The van der Waals surface area contributed by atoms with Crippen LogP contribution in [-0.4, -0.2) is 15.2 Å². The quantitative estimate of drug-likeness (QED) is 0.729. The first-order chi connectivity index (χ1) is 8.54. The third-order valence-electron chi connectivity index (χ3n) is 3.53. The number of rotatable bonds is 4. The molecule has 1 aromatic carbocycles. The molecular formula is C16H22OSi. The van der Waals surface area contributed by atoms with E-state index >= 15 is 0 Å². The van der Waals surface area contributed by atoms with Crippen molar-refractivity contribution in [2.45, 2.75) is 25.7 Å². The van der Waals surface area contributed by atoms with E-state index < -0.39 is 8.07 Å². The zero-order valence-electron chi connectivity index (χ0n) is 11.7. The first-order valence-corrected chi connectivity index (χ1v) is 10.0. The van der Waals surface area contributed by atoms with Crippen molar-refractivity contribution in [1.29, 1.82) is 0 Å². The van der Waals surface area contributed by atoms with Crippen molar-refractivity contribution in [3.63, 3.8) is 0 Å². The van der Waals surface area contributed by atoms with Crippen molar-refractivity contribution in [3.8, 4) is 0 Å². The van der Waals surface area contributed by atoms with Gasteiger partial charge in [-0.3, -0.25) is 0 Å². The second-order valence-electron chi connectivity index (χ2n) is 5.85. The molecule has 0 aliphatic heterocycles. The summed E-state index contributed by atoms with van der Waals surface area (Å²) in [6.07, 6.45) is 6.91. The lowest BCUT2D eigenvalue weighted by Crippen LogP contribution is -2.30. The predicted molar refractivity (Wildman–Crippen MR) is 80.3 cm³/mol. The van der Waals surface area contributed by atoms with Crippen molar-refractivity contribution in [2.24, 2.45) is 5.92 Å². The first kappa shape index (κ1) is 13.3. The lowest BCUT2D eigenvalue weighted by molar-refractivity contribution is 0.0817. The third-order valence-corrected chi connectivity index (χ3v) is 5.76. The Hall–Kier alpha value is -1.12. The van der Waals surface area contributed by atoms with E-state index in [0.29, 0.717) is 5.92 Å². The van der Waals surface area contributed by atoms with E-state index in [0.717, 1.165) is 0 Å². The molecular weight excluding hydrogens is 236 g/mol. The molecule has 2 heteroatoms. The van der Waals surface area contributed by atoms with Gasteiger partial charge in [0.2, 0.25) is 0 Å². The van der Waals surface area contributed by atoms with Crippen LogP contribution in [0.2, 0.25) is 19.6 Å². The Morgan fingerprint density at radius 2 is 1.78 bits per heavy atom. The third kappa shape index (κ3) is 2.65. The van der Waals surface area contributed by atoms with Crippen molar-refractivity contribution in [3.05, 3.63) is 59.3 Å². The Bertz CT molecular complexity index is 454. The summed E-state index contributed by atoms with van der Waals surface area (Å²) in [6.45, 7) is 7.20. The molecule has 0 amide bonds. The van der Waals surface area contributed by atoms with Gasteiger partial charge in [0.05, 0.1) is 14.2 Å². The van der Waals surface area contributed by atoms with Gasteiger partial charge in [-0.1, -0.05) is 73.4 Å². The summed E-state index contributed by atoms with van der Waals surface area (Å²) >= 11 is 0. The summed E-state index contributed by atoms with van der Waals surface area (Å²) < 4.78 is 5.78. The molecule has 1 aliphatic rings. The van der Waals surface area contributed by atoms with Gasteiger partial charge in [-0.05, 0) is 5.56 Å². The van der Waals surface area contributed by atoms with Gasteiger partial charge in [0.25, 0.3) is 0 Å². The molecule has 1 aliphatic carbocycles. The smallest absolute Gasteiger partial charge is 0.0917 e. The van der Waals surface area contributed by atoms with Crippen molar-refractivity contribution in [2.75, 3.05) is 7.11 Å². The molecule has 0 fully saturated rings. The minimum Gasteiger partial charge on any atom is -0.376 e. The summed E-state index contributed by atoms with van der Waals surface area (Å²) in [5.74, 6) is 0.407. The zero-order valence-corrected chi connectivity index (χ0v) is 12.7. The average molecular weight is 258 g/mol. The fourth-order valence-corrected chi connectivity index (χ4v) is 4.48. The molecule has 0 bridgehead atoms. The van der Waals surface area contributed by atoms with Crippen LogP contribution in [0.1, 0.15) is 11.7 Å². The van der Waals surface area contributed by atoms with Gasteiger partial charge in [0.1, 0.15) is 0 Å². The largest absolute Gasteiger partial charge is 0.376 e. The van der Waals surface area contributed by atoms with E-state index in [1.54, 1.807) is 5.20 Å². The summed E-state index contributed by atoms with van der Waals surface area (Å²) in [6, 6.07) is 10.5. The molecule has 0 saturated carbocycles. The van der Waals surface area contributed by atoms with Gasteiger partial charge < -0.3 is 4.74 Å². The highest BCUT2D eigenvalue weighted by Crippen LogP contribution is 2.38. The van der Waals surface area contributed by atoms with Crippen LogP contribution in [-0.2, 0) is 4.74 Å². The first-order valence-electron chi connectivity index (χ1n) is 6.50. The van der Waals surface area contributed by atoms with Gasteiger partial charge in [0.15, 0.2) is 0 Å². The van der Waals surface area contributed by atoms with E-state index in [1.807, 2.05) is 7.11 Å². The van der Waals surface area contributed by atoms with Crippen LogP contribution in [0.3, 0.4) is 0 Å². The second-order valence-corrected chi connectivity index (χ2v) is 10.9. The van der Waals surface area contributed by atoms with Gasteiger partial charge in [0, 0.05) is 13.0 Å². The number of hydrogen-bond acceptors (Lipinski definition) is 1. The Morgan fingerprint density at radius 3 is 2.33 bits per heavy atom. The Labute approximate surface area is 111 Å². The standard InChI is InChI=1S/C16H22OSi/c1-17-16(13-9-6-5-7-10-13)14-11-8-12-15(14)18(2,3)4/h5-12,14,16H,1-4H3/t14?,16-/m1/s1. The monoisotopic (exact) mass is 258 g/mol. The SMILES string of the molecule is CO[C@H](c1ccccc1)C1C=CC=C1[Si](C)(C)C. The summed E-state index contributed by atoms with van der Waals surface area (Å²) in [4.78, 5) is 0. The van der Waals surface area contributed by atoms with E-state index in [2.05, 4.69) is 68.2 Å². The highest BCUT2D eigenvalue weighted by molar-refractivity contribution is 6.83. The second kappa shape index (κ2) is 5.25. The Kier molecular flexibility index (Phi) is 3.88. The molecule has 1 nitrogen and oxygen atoms in total. The van der Waals surface area contributed by atoms with Crippen molar-refractivity contribution in [1.82, 2.24) is 0 Å². The highest BCUT2D eigenvalue weighted by Gasteiger charge is 2.33. The van der Waals surface area contributed by atoms with Gasteiger partial charge in [-0.15, -0.1) is 0 Å². The maximum Gasteiger partial charge on any atom is 0.0917 e. The number of allylic oxidation sites excluding steroid dienone is 2. The zero-order chi connectivity index (χ0) is 13.2. The van der Waals surface area contributed by atoms with E-state index in [-0.39, 0.29) is 6.10 Å². The molecule has 0 radical (unpaired) electrons. The fraction of sp³-hybridized carbons (Fsp3) is 0.375. The van der Waals surface area contributed by atoms with Crippen molar-refractivity contribution >= 4 is 8.07 Å². The summed E-state index contributed by atoms with van der Waals surface area (Å²) in [5.41, 5.74) is 1.26. The lowest BCUT2D eigenvalue weighted by Gasteiger charge is -2.30. The molecule has 1 unspecified atom stereocenters. The number of ether oxygens (including phenoxy) is 1. The molecule has 0 aromatic heterocycles. The predicted octanol–water partition coefficient (Wildman–Crippen LogP) is 4.36. The summed E-state index contributed by atoms with van der Waals surface area (Å²) in [7, 11) is 0.531. The molecule has 0 N–H and O–H groups in total. The molecule has 0 saturated heterocycles. The van der Waals surface area contributed by atoms with Crippen molar-refractivity contribution < 1.29 is 4.74 Å². The molecule has 1 aromatic rings. The minimum absolute atomic E-state index is 0.142. The average Bonchev–Trinajstić information content (AvgIpc) is 2.80. The number of hydrogen-bond donors (Lipinski definition) is 0. The number of methoxy groups -OCH3 is 1. The van der Waals surface area contributed by atoms with Gasteiger partial charge >= 0.3 is 0 Å². The fourth-order valence-electron chi connectivity index (χ4n) is 2.64. The van der Waals surface area contributed by atoms with E-state index in [1.165, 1.54) is 5.56 Å². The topological polar surface area (TPSA) is 9.23 Å². The van der Waals surface area contributed by atoms with Crippen LogP contribution in [0.4, 0.5) is 0 Å². The van der Waals surface area contributed by atoms with Crippen LogP contribution >= 0.6 is 0 Å². The molecule has 2 rings (SSSR count). The van der Waals surface area contributed by atoms with Gasteiger partial charge in [-0.25, -0.2) is 0 Å². The number of benzene rings is 1. The Morgan fingerprint density at radius 1 is 1.11 bits per heavy atom. The van der Waals surface area contributed by atoms with E-state index in [4.69, 9.17) is 4.74 Å². The highest BCUT2D eigenvalue weighted by atomic mass is 28.3. The van der Waals surface area contributed by atoms with E-state index in [9.17, 15) is 0 Å². The maximum absolute atomic E-state index is 5.78. The molecule has 0 heterocycles. The lowest BCUT2D eigenvalue weighted by atomic mass is 9.96. The van der Waals surface area contributed by atoms with Crippen LogP contribution in [0.5, 0.6) is 0 Å². The molecule has 96 valence electrons. The van der Waals surface area contributed by atoms with Crippen LogP contribution in [0, 0.1) is 5.92 Å². The minimum atomic E-state index is -1.28. The molecule has 0 spiro atoms. The normalized spacial score (nSPS) is 20.9. The molecule has 18 heavy (non-hydrogen) atoms.